The second-order valence-corrected chi connectivity index (χ2v) is 7.13. The zero-order chi connectivity index (χ0) is 21.9. The van der Waals surface area contributed by atoms with E-state index in [0.717, 1.165) is 27.4 Å². The van der Waals surface area contributed by atoms with Crippen LogP contribution < -0.4 is 10.1 Å². The number of rotatable bonds is 6. The third kappa shape index (κ3) is 5.13. The first-order valence-corrected chi connectivity index (χ1v) is 9.41. The lowest BCUT2D eigenvalue weighted by Crippen LogP contribution is -2.29. The van der Waals surface area contributed by atoms with Crippen LogP contribution in [0, 0.1) is 13.8 Å². The predicted molar refractivity (Wildman–Crippen MR) is 107 cm³/mol. The van der Waals surface area contributed by atoms with Crippen molar-refractivity contribution in [1.82, 2.24) is 15.1 Å². The SMILES string of the molecule is Cc1ccc(CNC(=O)COc2cc(C(F)(F)F)nn2-c2ccccc2Cl)c(C)c1. The molecule has 30 heavy (non-hydrogen) atoms. The molecule has 9 heteroatoms. The maximum atomic E-state index is 13.1. The number of alkyl halides is 3. The van der Waals surface area contributed by atoms with Gasteiger partial charge in [0.2, 0.25) is 5.88 Å². The number of aryl methyl sites for hydroxylation is 2. The fourth-order valence-corrected chi connectivity index (χ4v) is 3.05. The van der Waals surface area contributed by atoms with Crippen LogP contribution in [0.1, 0.15) is 22.4 Å². The number of carbonyl (C=O) groups is 1. The zero-order valence-electron chi connectivity index (χ0n) is 16.3. The first-order valence-electron chi connectivity index (χ1n) is 9.03. The number of nitrogens with zero attached hydrogens (tertiary/aromatic N) is 2. The summed E-state index contributed by atoms with van der Waals surface area (Å²) in [4.78, 5) is 12.2. The summed E-state index contributed by atoms with van der Waals surface area (Å²) in [6.07, 6.45) is -4.67. The van der Waals surface area contributed by atoms with Gasteiger partial charge in [0.1, 0.15) is 0 Å². The number of halogens is 4. The molecule has 1 heterocycles. The number of hydrogen-bond acceptors (Lipinski definition) is 3. The fourth-order valence-electron chi connectivity index (χ4n) is 2.83. The van der Waals surface area contributed by atoms with Crippen LogP contribution in [0.15, 0.2) is 48.5 Å². The highest BCUT2D eigenvalue weighted by Gasteiger charge is 2.36. The van der Waals surface area contributed by atoms with Crippen molar-refractivity contribution in [3.8, 4) is 11.6 Å². The first-order chi connectivity index (χ1) is 14.1. The lowest BCUT2D eigenvalue weighted by atomic mass is 10.1. The van der Waals surface area contributed by atoms with Crippen molar-refractivity contribution in [2.75, 3.05) is 6.61 Å². The molecule has 1 amide bonds. The first kappa shape index (κ1) is 21.7. The Balaban J connectivity index is 1.73. The van der Waals surface area contributed by atoms with Crippen LogP contribution in [-0.2, 0) is 17.5 Å². The molecule has 5 nitrogen and oxygen atoms in total. The summed E-state index contributed by atoms with van der Waals surface area (Å²) < 4.78 is 45.7. The summed E-state index contributed by atoms with van der Waals surface area (Å²) in [7, 11) is 0. The van der Waals surface area contributed by atoms with Crippen molar-refractivity contribution < 1.29 is 22.7 Å². The highest BCUT2D eigenvalue weighted by atomic mass is 35.5. The molecule has 3 rings (SSSR count). The minimum atomic E-state index is -4.67. The topological polar surface area (TPSA) is 56.1 Å². The number of amides is 1. The van der Waals surface area contributed by atoms with Crippen molar-refractivity contribution in [3.05, 3.63) is 75.9 Å². The van der Waals surface area contributed by atoms with Gasteiger partial charge in [-0.2, -0.15) is 23.0 Å². The minimum absolute atomic E-state index is 0.193. The van der Waals surface area contributed by atoms with Gasteiger partial charge in [0.25, 0.3) is 5.91 Å². The van der Waals surface area contributed by atoms with E-state index in [4.69, 9.17) is 16.3 Å². The van der Waals surface area contributed by atoms with Crippen molar-refractivity contribution in [3.63, 3.8) is 0 Å². The largest absolute Gasteiger partial charge is 0.467 e. The van der Waals surface area contributed by atoms with Gasteiger partial charge in [-0.15, -0.1) is 0 Å². The van der Waals surface area contributed by atoms with Crippen LogP contribution >= 0.6 is 11.6 Å². The molecule has 0 bridgehead atoms. The van der Waals surface area contributed by atoms with E-state index in [9.17, 15) is 18.0 Å². The van der Waals surface area contributed by atoms with Gasteiger partial charge in [0.05, 0.1) is 10.7 Å². The lowest BCUT2D eigenvalue weighted by molar-refractivity contribution is -0.141. The van der Waals surface area contributed by atoms with Gasteiger partial charge in [-0.25, -0.2) is 0 Å². The smallest absolute Gasteiger partial charge is 0.435 e. The average Bonchev–Trinajstić information content (AvgIpc) is 3.10. The normalized spacial score (nSPS) is 11.4. The van der Waals surface area contributed by atoms with Crippen molar-refractivity contribution in [2.24, 2.45) is 0 Å². The number of para-hydroxylation sites is 1. The third-order valence-corrected chi connectivity index (χ3v) is 4.69. The Morgan fingerprint density at radius 1 is 1.17 bits per heavy atom. The van der Waals surface area contributed by atoms with E-state index < -0.39 is 24.4 Å². The average molecular weight is 438 g/mol. The quantitative estimate of drug-likeness (QED) is 0.599. The van der Waals surface area contributed by atoms with Crippen LogP contribution in [0.4, 0.5) is 13.2 Å². The van der Waals surface area contributed by atoms with Gasteiger partial charge in [-0.1, -0.05) is 47.5 Å². The van der Waals surface area contributed by atoms with Crippen LogP contribution in [-0.4, -0.2) is 22.3 Å². The van der Waals surface area contributed by atoms with E-state index in [0.29, 0.717) is 0 Å². The number of hydrogen-bond donors (Lipinski definition) is 1. The Bertz CT molecular complexity index is 1060. The minimum Gasteiger partial charge on any atom is -0.467 e. The fraction of sp³-hybridized carbons (Fsp3) is 0.238. The zero-order valence-corrected chi connectivity index (χ0v) is 17.0. The molecule has 0 aliphatic heterocycles. The summed E-state index contributed by atoms with van der Waals surface area (Å²) in [5, 5.41) is 6.44. The summed E-state index contributed by atoms with van der Waals surface area (Å²) in [6, 6.07) is 12.9. The molecule has 0 spiro atoms. The van der Waals surface area contributed by atoms with E-state index in [2.05, 4.69) is 10.4 Å². The summed E-state index contributed by atoms with van der Waals surface area (Å²) >= 11 is 6.08. The maximum absolute atomic E-state index is 13.1. The molecule has 2 aromatic carbocycles. The molecule has 0 saturated heterocycles. The molecule has 0 aliphatic rings. The monoisotopic (exact) mass is 437 g/mol. The number of ether oxygens (including phenoxy) is 1. The molecule has 0 fully saturated rings. The Hall–Kier alpha value is -3.00. The van der Waals surface area contributed by atoms with Gasteiger partial charge in [0, 0.05) is 12.6 Å². The third-order valence-electron chi connectivity index (χ3n) is 4.37. The van der Waals surface area contributed by atoms with E-state index in [-0.39, 0.29) is 23.1 Å². The van der Waals surface area contributed by atoms with Gasteiger partial charge in [-0.05, 0) is 37.1 Å². The van der Waals surface area contributed by atoms with Crippen LogP contribution in [0.25, 0.3) is 5.69 Å². The molecular formula is C21H19ClF3N3O2. The van der Waals surface area contributed by atoms with E-state index >= 15 is 0 Å². The van der Waals surface area contributed by atoms with Crippen molar-refractivity contribution in [2.45, 2.75) is 26.6 Å². The standard InChI is InChI=1S/C21H19ClF3N3O2/c1-13-7-8-15(14(2)9-13)11-26-19(29)12-30-20-10-18(21(23,24)25)27-28(20)17-6-4-3-5-16(17)22/h3-10H,11-12H2,1-2H3,(H,26,29). The molecular weight excluding hydrogens is 419 g/mol. The highest BCUT2D eigenvalue weighted by molar-refractivity contribution is 6.32. The van der Waals surface area contributed by atoms with Crippen molar-refractivity contribution >= 4 is 17.5 Å². The number of benzene rings is 2. The summed E-state index contributed by atoms with van der Waals surface area (Å²) in [5.41, 5.74) is 2.14. The highest BCUT2D eigenvalue weighted by Crippen LogP contribution is 2.33. The number of aromatic nitrogens is 2. The lowest BCUT2D eigenvalue weighted by Gasteiger charge is -2.11. The molecule has 0 atom stereocenters. The van der Waals surface area contributed by atoms with Gasteiger partial charge < -0.3 is 10.1 Å². The van der Waals surface area contributed by atoms with Crippen molar-refractivity contribution in [1.29, 1.82) is 0 Å². The van der Waals surface area contributed by atoms with E-state index in [1.54, 1.807) is 12.1 Å². The van der Waals surface area contributed by atoms with E-state index in [1.807, 2.05) is 32.0 Å². The van der Waals surface area contributed by atoms with Gasteiger partial charge in [0.15, 0.2) is 12.3 Å². The predicted octanol–water partition coefficient (Wildman–Crippen LogP) is 4.86. The molecule has 1 aromatic heterocycles. The number of carbonyl (C=O) groups excluding carboxylic acids is 1. The number of nitrogens with one attached hydrogen (secondary N) is 1. The Kier molecular flexibility index (Phi) is 6.36. The molecule has 0 radical (unpaired) electrons. The molecule has 3 aromatic rings. The molecule has 0 saturated carbocycles. The summed E-state index contributed by atoms with van der Waals surface area (Å²) in [6.45, 7) is 3.72. The van der Waals surface area contributed by atoms with Gasteiger partial charge >= 0.3 is 6.18 Å². The molecule has 158 valence electrons. The van der Waals surface area contributed by atoms with Crippen LogP contribution in [0.3, 0.4) is 0 Å². The van der Waals surface area contributed by atoms with Gasteiger partial charge in [-0.3, -0.25) is 4.79 Å². The molecule has 0 aliphatic carbocycles. The van der Waals surface area contributed by atoms with Crippen LogP contribution in [0.2, 0.25) is 5.02 Å². The van der Waals surface area contributed by atoms with Crippen LogP contribution in [0.5, 0.6) is 5.88 Å². The maximum Gasteiger partial charge on any atom is 0.435 e. The summed E-state index contributed by atoms with van der Waals surface area (Å²) in [5.74, 6) is -0.715. The Morgan fingerprint density at radius 2 is 1.90 bits per heavy atom. The van der Waals surface area contributed by atoms with E-state index in [1.165, 1.54) is 12.1 Å². The Morgan fingerprint density at radius 3 is 2.57 bits per heavy atom. The second kappa shape index (κ2) is 8.79. The Labute approximate surface area is 176 Å². The molecule has 1 N–H and O–H groups in total. The second-order valence-electron chi connectivity index (χ2n) is 6.72. The molecule has 0 unspecified atom stereocenters.